The van der Waals surface area contributed by atoms with E-state index in [0.717, 1.165) is 22.6 Å². The summed E-state index contributed by atoms with van der Waals surface area (Å²) in [6, 6.07) is 19.8. The van der Waals surface area contributed by atoms with E-state index in [1.807, 2.05) is 66.9 Å². The van der Waals surface area contributed by atoms with Gasteiger partial charge in [-0.15, -0.1) is 10.2 Å². The summed E-state index contributed by atoms with van der Waals surface area (Å²) in [4.78, 5) is 12.2. The van der Waals surface area contributed by atoms with Gasteiger partial charge in [-0.25, -0.2) is 5.43 Å². The summed E-state index contributed by atoms with van der Waals surface area (Å²) in [5.74, 6) is 1.19. The predicted molar refractivity (Wildman–Crippen MR) is 121 cm³/mol. The number of hydrogen-bond donors (Lipinski definition) is 1. The molecule has 0 aliphatic carbocycles. The fraction of sp³-hybridized carbons (Fsp3) is 0.130. The Kier molecular flexibility index (Phi) is 6.28. The van der Waals surface area contributed by atoms with E-state index in [0.29, 0.717) is 10.9 Å². The Hall–Kier alpha value is -3.65. The van der Waals surface area contributed by atoms with Crippen LogP contribution >= 0.6 is 11.8 Å². The normalized spacial score (nSPS) is 11.2. The van der Waals surface area contributed by atoms with Crippen LogP contribution in [0.5, 0.6) is 0 Å². The molecule has 0 unspecified atom stereocenters. The van der Waals surface area contributed by atoms with Crippen LogP contribution in [0.2, 0.25) is 0 Å². The number of aryl methyl sites for hydroxylation is 2. The summed E-state index contributed by atoms with van der Waals surface area (Å²) in [6.07, 6.45) is 3.00. The monoisotopic (exact) mass is 431 g/mol. The first-order valence-electron chi connectivity index (χ1n) is 9.68. The Bertz CT molecular complexity index is 1180. The van der Waals surface area contributed by atoms with Crippen LogP contribution in [0.3, 0.4) is 0 Å². The molecule has 0 aliphatic heterocycles. The van der Waals surface area contributed by atoms with Gasteiger partial charge < -0.3 is 4.42 Å². The third-order valence-electron chi connectivity index (χ3n) is 4.49. The third kappa shape index (κ3) is 5.10. The zero-order valence-electron chi connectivity index (χ0n) is 17.1. The highest BCUT2D eigenvalue weighted by Crippen LogP contribution is 2.28. The van der Waals surface area contributed by atoms with Gasteiger partial charge in [0.2, 0.25) is 0 Å². The number of nitrogens with one attached hydrogen (secondary N) is 1. The molecule has 4 rings (SSSR count). The molecular weight excluding hydrogens is 410 g/mol. The highest BCUT2D eigenvalue weighted by Gasteiger charge is 2.17. The number of rotatable bonds is 7. The average molecular weight is 432 g/mol. The highest BCUT2D eigenvalue weighted by atomic mass is 32.2. The number of benzene rings is 2. The maximum atomic E-state index is 12.2. The van der Waals surface area contributed by atoms with Crippen LogP contribution in [0.4, 0.5) is 0 Å². The molecular formula is C23H21N5O2S. The summed E-state index contributed by atoms with van der Waals surface area (Å²) in [7, 11) is 0. The molecule has 2 aromatic carbocycles. The van der Waals surface area contributed by atoms with Gasteiger partial charge in [0, 0.05) is 11.3 Å². The standard InChI is InChI=1S/C23H21N5O2S/c1-16-5-9-18(10-6-16)22-26-27-23(28(22)19-11-7-17(2)8-12-19)31-15-21(29)25-24-14-20-4-3-13-30-20/h3-14H,15H2,1-2H3,(H,25,29)/b24-14-. The van der Waals surface area contributed by atoms with Crippen LogP contribution in [0.25, 0.3) is 17.1 Å². The minimum absolute atomic E-state index is 0.146. The summed E-state index contributed by atoms with van der Waals surface area (Å²) in [5.41, 5.74) is 6.72. The first-order valence-corrected chi connectivity index (χ1v) is 10.7. The van der Waals surface area contributed by atoms with Crippen molar-refractivity contribution in [2.45, 2.75) is 19.0 Å². The molecule has 1 N–H and O–H groups in total. The molecule has 7 nitrogen and oxygen atoms in total. The van der Waals surface area contributed by atoms with E-state index in [4.69, 9.17) is 4.42 Å². The van der Waals surface area contributed by atoms with Gasteiger partial charge in [0.25, 0.3) is 5.91 Å². The van der Waals surface area contributed by atoms with Crippen molar-refractivity contribution in [1.29, 1.82) is 0 Å². The van der Waals surface area contributed by atoms with Gasteiger partial charge in [0.1, 0.15) is 5.76 Å². The number of carbonyl (C=O) groups excluding carboxylic acids is 1. The third-order valence-corrected chi connectivity index (χ3v) is 5.42. The van der Waals surface area contributed by atoms with Crippen LogP contribution in [0, 0.1) is 13.8 Å². The average Bonchev–Trinajstić information content (AvgIpc) is 3.43. The van der Waals surface area contributed by atoms with E-state index in [9.17, 15) is 4.79 Å². The van der Waals surface area contributed by atoms with Gasteiger partial charge in [-0.3, -0.25) is 9.36 Å². The van der Waals surface area contributed by atoms with Crippen LogP contribution in [-0.4, -0.2) is 32.6 Å². The molecule has 156 valence electrons. The smallest absolute Gasteiger partial charge is 0.250 e. The molecule has 0 radical (unpaired) electrons. The van der Waals surface area contributed by atoms with Crippen molar-refractivity contribution in [3.05, 3.63) is 83.8 Å². The van der Waals surface area contributed by atoms with Gasteiger partial charge in [0.15, 0.2) is 11.0 Å². The molecule has 1 amide bonds. The second-order valence-corrected chi connectivity index (χ2v) is 7.88. The minimum atomic E-state index is -0.247. The maximum absolute atomic E-state index is 12.2. The topological polar surface area (TPSA) is 85.3 Å². The summed E-state index contributed by atoms with van der Waals surface area (Å²) < 4.78 is 7.11. The number of carbonyl (C=O) groups is 1. The minimum Gasteiger partial charge on any atom is -0.463 e. The molecule has 2 aromatic heterocycles. The number of thioether (sulfide) groups is 1. The molecule has 2 heterocycles. The Morgan fingerprint density at radius 3 is 2.45 bits per heavy atom. The summed E-state index contributed by atoms with van der Waals surface area (Å²) in [5, 5.41) is 13.3. The number of hydrazone groups is 1. The molecule has 0 aliphatic rings. The number of aromatic nitrogens is 3. The lowest BCUT2D eigenvalue weighted by Gasteiger charge is -2.11. The first-order chi connectivity index (χ1) is 15.1. The van der Waals surface area contributed by atoms with Gasteiger partial charge in [-0.2, -0.15) is 5.10 Å². The zero-order valence-corrected chi connectivity index (χ0v) is 18.0. The van der Waals surface area contributed by atoms with Crippen molar-refractivity contribution in [2.75, 3.05) is 5.75 Å². The van der Waals surface area contributed by atoms with E-state index in [1.165, 1.54) is 23.5 Å². The van der Waals surface area contributed by atoms with Gasteiger partial charge >= 0.3 is 0 Å². The van der Waals surface area contributed by atoms with Gasteiger partial charge in [-0.05, 0) is 38.1 Å². The van der Waals surface area contributed by atoms with Crippen molar-refractivity contribution in [3.63, 3.8) is 0 Å². The fourth-order valence-electron chi connectivity index (χ4n) is 2.87. The van der Waals surface area contributed by atoms with Crippen LogP contribution < -0.4 is 5.43 Å². The molecule has 8 heteroatoms. The fourth-order valence-corrected chi connectivity index (χ4v) is 3.62. The van der Waals surface area contributed by atoms with Crippen LogP contribution in [0.1, 0.15) is 16.9 Å². The number of amides is 1. The predicted octanol–water partition coefficient (Wildman–Crippen LogP) is 4.39. The molecule has 0 bridgehead atoms. The number of nitrogens with zero attached hydrogens (tertiary/aromatic N) is 4. The maximum Gasteiger partial charge on any atom is 0.250 e. The van der Waals surface area contributed by atoms with Gasteiger partial charge in [0.05, 0.1) is 18.2 Å². The Morgan fingerprint density at radius 1 is 1.06 bits per heavy atom. The second-order valence-electron chi connectivity index (χ2n) is 6.94. The summed E-state index contributed by atoms with van der Waals surface area (Å²) in [6.45, 7) is 4.09. The number of hydrogen-bond acceptors (Lipinski definition) is 6. The molecule has 4 aromatic rings. The van der Waals surface area contributed by atoms with Crippen molar-refractivity contribution in [3.8, 4) is 17.1 Å². The first kappa shape index (κ1) is 20.6. The lowest BCUT2D eigenvalue weighted by molar-refractivity contribution is -0.118. The molecule has 0 saturated heterocycles. The van der Waals surface area contributed by atoms with Crippen LogP contribution in [0.15, 0.2) is 81.6 Å². The molecule has 0 saturated carbocycles. The quantitative estimate of drug-likeness (QED) is 0.267. The largest absolute Gasteiger partial charge is 0.463 e. The van der Waals surface area contributed by atoms with Crippen molar-refractivity contribution in [1.82, 2.24) is 20.2 Å². The number of furan rings is 1. The molecule has 0 spiro atoms. The highest BCUT2D eigenvalue weighted by molar-refractivity contribution is 7.99. The van der Waals surface area contributed by atoms with E-state index >= 15 is 0 Å². The van der Waals surface area contributed by atoms with Gasteiger partial charge in [-0.1, -0.05) is 59.3 Å². The molecule has 0 fully saturated rings. The van der Waals surface area contributed by atoms with Crippen molar-refractivity contribution >= 4 is 23.9 Å². The van der Waals surface area contributed by atoms with E-state index in [-0.39, 0.29) is 11.7 Å². The SMILES string of the molecule is Cc1ccc(-c2nnc(SCC(=O)N/N=C\c3ccco3)n2-c2ccc(C)cc2)cc1. The van der Waals surface area contributed by atoms with Crippen molar-refractivity contribution < 1.29 is 9.21 Å². The zero-order chi connectivity index (χ0) is 21.6. The Morgan fingerprint density at radius 2 is 1.77 bits per heavy atom. The van der Waals surface area contributed by atoms with E-state index < -0.39 is 0 Å². The second kappa shape index (κ2) is 9.44. The van der Waals surface area contributed by atoms with E-state index in [2.05, 4.69) is 20.7 Å². The van der Waals surface area contributed by atoms with Crippen LogP contribution in [-0.2, 0) is 4.79 Å². The summed E-state index contributed by atoms with van der Waals surface area (Å²) >= 11 is 1.30. The van der Waals surface area contributed by atoms with Crippen molar-refractivity contribution in [2.24, 2.45) is 5.10 Å². The Labute approximate surface area is 184 Å². The molecule has 31 heavy (non-hydrogen) atoms. The Balaban J connectivity index is 1.54. The van der Waals surface area contributed by atoms with E-state index in [1.54, 1.807) is 18.4 Å². The lowest BCUT2D eigenvalue weighted by atomic mass is 10.1. The molecule has 0 atom stereocenters. The lowest BCUT2D eigenvalue weighted by Crippen LogP contribution is -2.19.